The van der Waals surface area contributed by atoms with Crippen molar-refractivity contribution in [3.63, 3.8) is 0 Å². The molecular weight excluding hydrogens is 298 g/mol. The fraction of sp³-hybridized carbons (Fsp3) is 0.450. The summed E-state index contributed by atoms with van der Waals surface area (Å²) in [4.78, 5) is 7.00. The number of piperidine rings is 1. The number of aryl methyl sites for hydroxylation is 1. The molecule has 0 aliphatic carbocycles. The third-order valence-electron chi connectivity index (χ3n) is 4.91. The first-order valence-corrected chi connectivity index (χ1v) is 8.97. The van der Waals surface area contributed by atoms with Crippen LogP contribution in [0.15, 0.2) is 48.7 Å². The Bertz CT molecular complexity index is 626. The third-order valence-corrected chi connectivity index (χ3v) is 4.91. The van der Waals surface area contributed by atoms with Gasteiger partial charge in [0.25, 0.3) is 0 Å². The first-order chi connectivity index (χ1) is 11.8. The zero-order chi connectivity index (χ0) is 16.8. The lowest BCUT2D eigenvalue weighted by Crippen LogP contribution is -2.37. The maximum absolute atomic E-state index is 10.5. The highest BCUT2D eigenvalue weighted by molar-refractivity contribution is 5.59. The molecule has 0 radical (unpaired) electrons. The minimum Gasteiger partial charge on any atom is -0.301 e. The van der Waals surface area contributed by atoms with E-state index in [-0.39, 0.29) is 0 Å². The molecule has 0 spiro atoms. The number of anilines is 2. The van der Waals surface area contributed by atoms with Gasteiger partial charge in [-0.05, 0) is 69.5 Å². The maximum atomic E-state index is 10.5. The lowest BCUT2D eigenvalue weighted by molar-refractivity contribution is 0.166. The summed E-state index contributed by atoms with van der Waals surface area (Å²) in [7, 11) is 0. The second-order valence-electron chi connectivity index (χ2n) is 6.62. The highest BCUT2D eigenvalue weighted by atomic mass is 16.5. The van der Waals surface area contributed by atoms with Crippen molar-refractivity contribution in [3.05, 3.63) is 54.2 Å². The summed E-state index contributed by atoms with van der Waals surface area (Å²) in [5.41, 5.74) is 1.83. The largest absolute Gasteiger partial charge is 0.301 e. The minimum absolute atomic E-state index is 0.572. The van der Waals surface area contributed by atoms with E-state index in [1.165, 1.54) is 37.4 Å². The van der Waals surface area contributed by atoms with E-state index in [1.54, 1.807) is 6.20 Å². The topological polar surface area (TPSA) is 39.6 Å². The summed E-state index contributed by atoms with van der Waals surface area (Å²) in [5.74, 6) is 0.634. The van der Waals surface area contributed by atoms with Gasteiger partial charge in [0, 0.05) is 12.2 Å². The Morgan fingerprint density at radius 1 is 1.08 bits per heavy atom. The number of aromatic nitrogens is 1. The van der Waals surface area contributed by atoms with Crippen molar-refractivity contribution in [1.29, 1.82) is 0 Å². The van der Waals surface area contributed by atoms with Gasteiger partial charge in [-0.2, -0.15) is 0 Å². The van der Waals surface area contributed by atoms with E-state index in [0.717, 1.165) is 24.1 Å². The van der Waals surface area contributed by atoms with Gasteiger partial charge in [-0.25, -0.2) is 10.0 Å². The van der Waals surface area contributed by atoms with Crippen LogP contribution in [-0.4, -0.2) is 34.2 Å². The van der Waals surface area contributed by atoms with Crippen molar-refractivity contribution in [2.45, 2.75) is 45.1 Å². The fourth-order valence-corrected chi connectivity index (χ4v) is 3.41. The van der Waals surface area contributed by atoms with Crippen molar-refractivity contribution in [2.75, 3.05) is 18.2 Å². The van der Waals surface area contributed by atoms with Crippen LogP contribution in [0.2, 0.25) is 0 Å². The van der Waals surface area contributed by atoms with Gasteiger partial charge in [-0.3, -0.25) is 5.21 Å². The molecular formula is C20H27N3O. The molecule has 4 heteroatoms. The van der Waals surface area contributed by atoms with Crippen LogP contribution in [0.5, 0.6) is 0 Å². The standard InChI is InChI=1S/C20H27N3O/c1-17(22-15-6-3-7-16-22)12-13-18-9-8-14-21-20(18)23(24)19-10-4-2-5-11-19/h2,4-5,8-11,14,17,24H,3,6-7,12-13,15-16H2,1H3. The van der Waals surface area contributed by atoms with E-state index in [0.29, 0.717) is 11.9 Å². The summed E-state index contributed by atoms with van der Waals surface area (Å²) in [6.45, 7) is 4.75. The Balaban J connectivity index is 1.68. The zero-order valence-corrected chi connectivity index (χ0v) is 14.4. The van der Waals surface area contributed by atoms with Crippen molar-refractivity contribution in [3.8, 4) is 0 Å². The smallest absolute Gasteiger partial charge is 0.160 e. The van der Waals surface area contributed by atoms with E-state index >= 15 is 0 Å². The predicted octanol–water partition coefficient (Wildman–Crippen LogP) is 4.42. The molecule has 24 heavy (non-hydrogen) atoms. The molecule has 2 heterocycles. The normalized spacial score (nSPS) is 16.8. The van der Waals surface area contributed by atoms with Crippen molar-refractivity contribution in [1.82, 2.24) is 9.88 Å². The average Bonchev–Trinajstić information content (AvgIpc) is 2.67. The van der Waals surface area contributed by atoms with Gasteiger partial charge in [-0.1, -0.05) is 30.7 Å². The van der Waals surface area contributed by atoms with Crippen LogP contribution in [0.4, 0.5) is 11.5 Å². The second-order valence-corrected chi connectivity index (χ2v) is 6.62. The van der Waals surface area contributed by atoms with Gasteiger partial charge < -0.3 is 4.90 Å². The molecule has 0 amide bonds. The Morgan fingerprint density at radius 2 is 1.83 bits per heavy atom. The first-order valence-electron chi connectivity index (χ1n) is 8.97. The number of likely N-dealkylation sites (tertiary alicyclic amines) is 1. The molecule has 4 nitrogen and oxygen atoms in total. The predicted molar refractivity (Wildman–Crippen MR) is 97.8 cm³/mol. The molecule has 1 aromatic carbocycles. The molecule has 1 aromatic heterocycles. The summed E-state index contributed by atoms with van der Waals surface area (Å²) in [5, 5.41) is 11.7. The third kappa shape index (κ3) is 4.13. The highest BCUT2D eigenvalue weighted by Gasteiger charge is 2.18. The molecule has 1 unspecified atom stereocenters. The number of hydrogen-bond donors (Lipinski definition) is 1. The molecule has 1 aliphatic heterocycles. The number of pyridine rings is 1. The highest BCUT2D eigenvalue weighted by Crippen LogP contribution is 2.26. The molecule has 1 aliphatic rings. The van der Waals surface area contributed by atoms with Crippen molar-refractivity contribution in [2.24, 2.45) is 0 Å². The second kappa shape index (κ2) is 8.27. The number of nitrogens with zero attached hydrogens (tertiary/aromatic N) is 3. The molecule has 1 atom stereocenters. The summed E-state index contributed by atoms with van der Waals surface area (Å²) < 4.78 is 0. The molecule has 0 bridgehead atoms. The van der Waals surface area contributed by atoms with Crippen LogP contribution in [0.3, 0.4) is 0 Å². The minimum atomic E-state index is 0.572. The van der Waals surface area contributed by atoms with E-state index < -0.39 is 0 Å². The lowest BCUT2D eigenvalue weighted by atomic mass is 10.0. The quantitative estimate of drug-likeness (QED) is 0.798. The number of para-hydroxylation sites is 1. The monoisotopic (exact) mass is 325 g/mol. The van der Waals surface area contributed by atoms with E-state index in [2.05, 4.69) is 22.9 Å². The van der Waals surface area contributed by atoms with Crippen LogP contribution in [-0.2, 0) is 6.42 Å². The molecule has 1 saturated heterocycles. The Hall–Kier alpha value is -1.91. The number of benzene rings is 1. The van der Waals surface area contributed by atoms with Crippen LogP contribution in [0.1, 0.15) is 38.2 Å². The van der Waals surface area contributed by atoms with E-state index in [9.17, 15) is 5.21 Å². The molecule has 3 rings (SSSR count). The van der Waals surface area contributed by atoms with Crippen molar-refractivity contribution < 1.29 is 5.21 Å². The van der Waals surface area contributed by atoms with Crippen LogP contribution >= 0.6 is 0 Å². The average molecular weight is 325 g/mol. The van der Waals surface area contributed by atoms with Crippen LogP contribution < -0.4 is 5.06 Å². The molecule has 128 valence electrons. The lowest BCUT2D eigenvalue weighted by Gasteiger charge is -2.32. The van der Waals surface area contributed by atoms with Crippen molar-refractivity contribution >= 4 is 11.5 Å². The van der Waals surface area contributed by atoms with Gasteiger partial charge >= 0.3 is 0 Å². The Labute approximate surface area is 144 Å². The Morgan fingerprint density at radius 3 is 2.58 bits per heavy atom. The van der Waals surface area contributed by atoms with E-state index in [4.69, 9.17) is 0 Å². The zero-order valence-electron chi connectivity index (χ0n) is 14.4. The number of hydrogen-bond acceptors (Lipinski definition) is 4. The molecule has 1 fully saturated rings. The van der Waals surface area contributed by atoms with E-state index in [1.807, 2.05) is 36.4 Å². The first kappa shape index (κ1) is 16.9. The Kier molecular flexibility index (Phi) is 5.83. The van der Waals surface area contributed by atoms with Gasteiger partial charge in [0.2, 0.25) is 0 Å². The number of rotatable bonds is 6. The molecule has 1 N–H and O–H groups in total. The van der Waals surface area contributed by atoms with Crippen LogP contribution in [0, 0.1) is 0 Å². The summed E-state index contributed by atoms with van der Waals surface area (Å²) >= 11 is 0. The molecule has 2 aromatic rings. The fourth-order valence-electron chi connectivity index (χ4n) is 3.41. The molecule has 0 saturated carbocycles. The summed E-state index contributed by atoms with van der Waals surface area (Å²) in [6.07, 6.45) is 7.75. The summed E-state index contributed by atoms with van der Waals surface area (Å²) in [6, 6.07) is 14.1. The van der Waals surface area contributed by atoms with Gasteiger partial charge in [-0.15, -0.1) is 0 Å². The SMILES string of the molecule is CC(CCc1cccnc1N(O)c1ccccc1)N1CCCCC1. The van der Waals surface area contributed by atoms with Crippen LogP contribution in [0.25, 0.3) is 0 Å². The van der Waals surface area contributed by atoms with Gasteiger partial charge in [0.1, 0.15) is 0 Å². The van der Waals surface area contributed by atoms with Gasteiger partial charge in [0.15, 0.2) is 5.82 Å². The van der Waals surface area contributed by atoms with Gasteiger partial charge in [0.05, 0.1) is 5.69 Å². The maximum Gasteiger partial charge on any atom is 0.160 e.